The van der Waals surface area contributed by atoms with Gasteiger partial charge in [-0.25, -0.2) is 4.39 Å². The molecule has 0 unspecified atom stereocenters. The van der Waals surface area contributed by atoms with Crippen molar-refractivity contribution < 1.29 is 18.3 Å². The molecule has 2 aromatic carbocycles. The van der Waals surface area contributed by atoms with Gasteiger partial charge >= 0.3 is 0 Å². The van der Waals surface area contributed by atoms with Gasteiger partial charge < -0.3 is 13.9 Å². The molecule has 2 heterocycles. The van der Waals surface area contributed by atoms with Crippen molar-refractivity contribution in [3.05, 3.63) is 57.8 Å². The molecule has 0 radical (unpaired) electrons. The lowest BCUT2D eigenvalue weighted by Gasteiger charge is -2.20. The van der Waals surface area contributed by atoms with Gasteiger partial charge in [-0.05, 0) is 30.3 Å². The summed E-state index contributed by atoms with van der Waals surface area (Å²) in [4.78, 5) is 0. The van der Waals surface area contributed by atoms with E-state index in [-0.39, 0.29) is 12.6 Å². The molecule has 1 aliphatic heterocycles. The molecule has 3 aromatic rings. The third kappa shape index (κ3) is 3.70. The number of halogens is 2. The number of hydrogen-bond donors (Lipinski definition) is 0. The summed E-state index contributed by atoms with van der Waals surface area (Å²) in [5.74, 6) is 1.26. The van der Waals surface area contributed by atoms with E-state index in [1.54, 1.807) is 0 Å². The van der Waals surface area contributed by atoms with Crippen LogP contribution in [-0.2, 0) is 17.1 Å². The van der Waals surface area contributed by atoms with Crippen molar-refractivity contribution in [1.29, 1.82) is 0 Å². The summed E-state index contributed by atoms with van der Waals surface area (Å²) >= 11 is 4.75. The number of aromatic nitrogens is 2. The predicted octanol–water partition coefficient (Wildman–Crippen LogP) is 4.80. The lowest BCUT2D eigenvalue weighted by molar-refractivity contribution is -0.0171. The monoisotopic (exact) mass is 422 g/mol. The van der Waals surface area contributed by atoms with Gasteiger partial charge in [0.05, 0.1) is 6.61 Å². The molecule has 5 nitrogen and oxygen atoms in total. The summed E-state index contributed by atoms with van der Waals surface area (Å²) in [7, 11) is 0. The van der Waals surface area contributed by atoms with Gasteiger partial charge in [-0.1, -0.05) is 33.8 Å². The standard InChI is InChI=1S/C17H12BrFN2O3S/c18-13-3-1-2-10(4-13)16-20-21-17(24-16)25-8-12-6-14(19)5-11-7-22-9-23-15(11)12/h1-6H,7-9H2. The summed E-state index contributed by atoms with van der Waals surface area (Å²) in [6.07, 6.45) is 0. The van der Waals surface area contributed by atoms with E-state index in [2.05, 4.69) is 26.1 Å². The van der Waals surface area contributed by atoms with E-state index >= 15 is 0 Å². The molecule has 1 aromatic heterocycles. The molecule has 0 spiro atoms. The van der Waals surface area contributed by atoms with Crippen LogP contribution < -0.4 is 4.74 Å². The second-order valence-electron chi connectivity index (χ2n) is 5.34. The Morgan fingerprint density at radius 2 is 2.12 bits per heavy atom. The molecule has 4 rings (SSSR count). The molecular weight excluding hydrogens is 411 g/mol. The molecule has 0 bridgehead atoms. The first kappa shape index (κ1) is 16.6. The Balaban J connectivity index is 1.52. The highest BCUT2D eigenvalue weighted by molar-refractivity contribution is 9.10. The van der Waals surface area contributed by atoms with Crippen molar-refractivity contribution in [2.45, 2.75) is 17.6 Å². The first-order chi connectivity index (χ1) is 12.2. The quantitative estimate of drug-likeness (QED) is 0.562. The van der Waals surface area contributed by atoms with Crippen LogP contribution in [0.15, 0.2) is 50.5 Å². The van der Waals surface area contributed by atoms with E-state index in [1.807, 2.05) is 24.3 Å². The van der Waals surface area contributed by atoms with Gasteiger partial charge in [0, 0.05) is 26.9 Å². The fourth-order valence-corrected chi connectivity index (χ4v) is 3.64. The average molecular weight is 423 g/mol. The number of benzene rings is 2. The fourth-order valence-electron chi connectivity index (χ4n) is 2.51. The number of hydrogen-bond acceptors (Lipinski definition) is 6. The Hall–Kier alpha value is -1.90. The van der Waals surface area contributed by atoms with Crippen molar-refractivity contribution in [3.63, 3.8) is 0 Å². The highest BCUT2D eigenvalue weighted by atomic mass is 79.9. The van der Waals surface area contributed by atoms with E-state index in [9.17, 15) is 4.39 Å². The summed E-state index contributed by atoms with van der Waals surface area (Å²) in [5.41, 5.74) is 2.28. The van der Waals surface area contributed by atoms with Crippen molar-refractivity contribution in [2.24, 2.45) is 0 Å². The fraction of sp³-hybridized carbons (Fsp3) is 0.176. The maximum Gasteiger partial charge on any atom is 0.277 e. The first-order valence-electron chi connectivity index (χ1n) is 7.43. The minimum absolute atomic E-state index is 0.171. The molecule has 0 saturated heterocycles. The van der Waals surface area contributed by atoms with Crippen LogP contribution in [0.4, 0.5) is 4.39 Å². The minimum atomic E-state index is -0.316. The average Bonchev–Trinajstić information content (AvgIpc) is 3.08. The van der Waals surface area contributed by atoms with E-state index in [1.165, 1.54) is 23.9 Å². The zero-order valence-electron chi connectivity index (χ0n) is 12.9. The van der Waals surface area contributed by atoms with Crippen molar-refractivity contribution in [1.82, 2.24) is 10.2 Å². The van der Waals surface area contributed by atoms with E-state index < -0.39 is 0 Å². The van der Waals surface area contributed by atoms with Gasteiger partial charge in [0.25, 0.3) is 5.22 Å². The zero-order valence-corrected chi connectivity index (χ0v) is 15.3. The van der Waals surface area contributed by atoms with Crippen LogP contribution >= 0.6 is 27.7 Å². The summed E-state index contributed by atoms with van der Waals surface area (Å²) in [6, 6.07) is 10.5. The molecular formula is C17H12BrFN2O3S. The van der Waals surface area contributed by atoms with E-state index in [0.717, 1.165) is 15.6 Å². The Bertz CT molecular complexity index is 919. The van der Waals surface area contributed by atoms with Crippen LogP contribution in [0.2, 0.25) is 0 Å². The van der Waals surface area contributed by atoms with Gasteiger partial charge in [0.2, 0.25) is 5.89 Å². The number of nitrogens with zero attached hydrogens (tertiary/aromatic N) is 2. The van der Waals surface area contributed by atoms with Crippen LogP contribution in [0, 0.1) is 5.82 Å². The lowest BCUT2D eigenvalue weighted by Crippen LogP contribution is -2.13. The van der Waals surface area contributed by atoms with Crippen molar-refractivity contribution in [2.75, 3.05) is 6.79 Å². The number of ether oxygens (including phenoxy) is 2. The van der Waals surface area contributed by atoms with Gasteiger partial charge in [-0.2, -0.15) is 0 Å². The SMILES string of the molecule is Fc1cc2c(c(CSc3nnc(-c4cccc(Br)c4)o3)c1)OCOC2. The topological polar surface area (TPSA) is 57.4 Å². The van der Waals surface area contributed by atoms with Gasteiger partial charge in [0.1, 0.15) is 11.6 Å². The zero-order chi connectivity index (χ0) is 17.2. The Labute approximate surface area is 155 Å². The number of rotatable bonds is 4. The van der Waals surface area contributed by atoms with Crippen LogP contribution in [0.1, 0.15) is 11.1 Å². The smallest absolute Gasteiger partial charge is 0.277 e. The van der Waals surface area contributed by atoms with Gasteiger partial charge in [-0.3, -0.25) is 0 Å². The maximum atomic E-state index is 13.8. The number of thioether (sulfide) groups is 1. The Kier molecular flexibility index (Phi) is 4.74. The molecule has 8 heteroatoms. The molecule has 0 N–H and O–H groups in total. The number of fused-ring (bicyclic) bond motifs is 1. The maximum absolute atomic E-state index is 13.8. The summed E-state index contributed by atoms with van der Waals surface area (Å²) in [6.45, 7) is 0.516. The Morgan fingerprint density at radius 1 is 1.20 bits per heavy atom. The van der Waals surface area contributed by atoms with Crippen LogP contribution in [0.5, 0.6) is 5.75 Å². The van der Waals surface area contributed by atoms with E-state index in [0.29, 0.717) is 34.8 Å². The molecule has 0 atom stereocenters. The molecule has 0 fully saturated rings. The predicted molar refractivity (Wildman–Crippen MR) is 93.7 cm³/mol. The molecule has 0 amide bonds. The van der Waals surface area contributed by atoms with Crippen LogP contribution in [0.25, 0.3) is 11.5 Å². The minimum Gasteiger partial charge on any atom is -0.467 e. The summed E-state index contributed by atoms with van der Waals surface area (Å²) in [5, 5.41) is 8.52. The second kappa shape index (κ2) is 7.15. The third-order valence-corrected chi connectivity index (χ3v) is 4.94. The molecule has 128 valence electrons. The largest absolute Gasteiger partial charge is 0.467 e. The third-order valence-electron chi connectivity index (χ3n) is 3.58. The van der Waals surface area contributed by atoms with Gasteiger partial charge in [-0.15, -0.1) is 10.2 Å². The normalized spacial score (nSPS) is 13.4. The lowest BCUT2D eigenvalue weighted by atomic mass is 10.1. The second-order valence-corrected chi connectivity index (χ2v) is 7.18. The highest BCUT2D eigenvalue weighted by Crippen LogP contribution is 2.34. The van der Waals surface area contributed by atoms with Crippen LogP contribution in [-0.4, -0.2) is 17.0 Å². The van der Waals surface area contributed by atoms with Crippen LogP contribution in [0.3, 0.4) is 0 Å². The summed E-state index contributed by atoms with van der Waals surface area (Å²) < 4.78 is 31.1. The molecule has 0 saturated carbocycles. The molecule has 25 heavy (non-hydrogen) atoms. The highest BCUT2D eigenvalue weighted by Gasteiger charge is 2.18. The molecule has 0 aliphatic carbocycles. The van der Waals surface area contributed by atoms with Gasteiger partial charge in [0.15, 0.2) is 6.79 Å². The van der Waals surface area contributed by atoms with Crippen molar-refractivity contribution >= 4 is 27.7 Å². The van der Waals surface area contributed by atoms with E-state index in [4.69, 9.17) is 13.9 Å². The molecule has 1 aliphatic rings. The Morgan fingerprint density at radius 3 is 3.00 bits per heavy atom. The van der Waals surface area contributed by atoms with Crippen molar-refractivity contribution in [3.8, 4) is 17.2 Å². The first-order valence-corrected chi connectivity index (χ1v) is 9.21.